The summed E-state index contributed by atoms with van der Waals surface area (Å²) in [6.07, 6.45) is 0.124. The van der Waals surface area contributed by atoms with Crippen molar-refractivity contribution in [2.75, 3.05) is 5.32 Å². The number of amides is 1. The third kappa shape index (κ3) is 7.21. The van der Waals surface area contributed by atoms with E-state index in [0.717, 1.165) is 33.9 Å². The van der Waals surface area contributed by atoms with Gasteiger partial charge in [0, 0.05) is 22.1 Å². The van der Waals surface area contributed by atoms with Gasteiger partial charge in [-0.2, -0.15) is 0 Å². The molecule has 0 spiro atoms. The number of carbonyl (C=O) groups excluding carboxylic acids is 1. The first kappa shape index (κ1) is 27.7. The van der Waals surface area contributed by atoms with Gasteiger partial charge in [0.15, 0.2) is 0 Å². The molecule has 5 aromatic carbocycles. The van der Waals surface area contributed by atoms with E-state index in [0.29, 0.717) is 15.7 Å². The summed E-state index contributed by atoms with van der Waals surface area (Å²) in [6.45, 7) is 0. The number of aliphatic carboxylic acids is 1. The standard InChI is InChI=1S/C34H27BrN2O4/c35-25-19-20-30(36-26-9-3-1-4-10-26)29(22-25)33(38)37-31(34(39)40)21-23-15-17-24(18-16-23)28-13-7-8-14-32(28)41-27-11-5-2-6-12-27/h1-20,22,31,36H,21H2,(H,37,38)(H,39,40). The second kappa shape index (κ2) is 13.0. The molecule has 204 valence electrons. The molecule has 5 rings (SSSR count). The maximum absolute atomic E-state index is 13.3. The van der Waals surface area contributed by atoms with Crippen molar-refractivity contribution in [2.45, 2.75) is 12.5 Å². The highest BCUT2D eigenvalue weighted by atomic mass is 79.9. The minimum Gasteiger partial charge on any atom is -0.480 e. The lowest BCUT2D eigenvalue weighted by Crippen LogP contribution is -2.42. The molecule has 0 fully saturated rings. The number of anilines is 2. The summed E-state index contributed by atoms with van der Waals surface area (Å²) in [5, 5.41) is 15.9. The van der Waals surface area contributed by atoms with Crippen LogP contribution in [0.25, 0.3) is 11.1 Å². The van der Waals surface area contributed by atoms with Gasteiger partial charge in [0.1, 0.15) is 17.5 Å². The van der Waals surface area contributed by atoms with Crippen molar-refractivity contribution >= 4 is 39.2 Å². The number of carboxylic acids is 1. The van der Waals surface area contributed by atoms with Crippen LogP contribution < -0.4 is 15.4 Å². The summed E-state index contributed by atoms with van der Waals surface area (Å²) in [4.78, 5) is 25.5. The SMILES string of the molecule is O=C(NC(Cc1ccc(-c2ccccc2Oc2ccccc2)cc1)C(=O)O)c1cc(Br)ccc1Nc1ccccc1. The van der Waals surface area contributed by atoms with Crippen molar-refractivity contribution in [1.29, 1.82) is 0 Å². The van der Waals surface area contributed by atoms with Gasteiger partial charge in [-0.1, -0.05) is 94.8 Å². The van der Waals surface area contributed by atoms with Crippen molar-refractivity contribution in [3.05, 3.63) is 143 Å². The van der Waals surface area contributed by atoms with E-state index in [1.807, 2.05) is 115 Å². The van der Waals surface area contributed by atoms with Gasteiger partial charge in [0.25, 0.3) is 5.91 Å². The molecule has 6 nitrogen and oxygen atoms in total. The first-order valence-corrected chi connectivity index (χ1v) is 13.8. The van der Waals surface area contributed by atoms with Crippen molar-refractivity contribution in [3.8, 4) is 22.6 Å². The van der Waals surface area contributed by atoms with Crippen LogP contribution in [-0.4, -0.2) is 23.0 Å². The van der Waals surface area contributed by atoms with Gasteiger partial charge < -0.3 is 20.5 Å². The smallest absolute Gasteiger partial charge is 0.326 e. The minimum absolute atomic E-state index is 0.124. The Hall–Kier alpha value is -4.88. The summed E-state index contributed by atoms with van der Waals surface area (Å²) in [7, 11) is 0. The summed E-state index contributed by atoms with van der Waals surface area (Å²) >= 11 is 3.42. The molecule has 0 heterocycles. The highest BCUT2D eigenvalue weighted by molar-refractivity contribution is 9.10. The maximum Gasteiger partial charge on any atom is 0.326 e. The second-order valence-corrected chi connectivity index (χ2v) is 10.3. The second-order valence-electron chi connectivity index (χ2n) is 9.36. The van der Waals surface area contributed by atoms with Crippen LogP contribution in [-0.2, 0) is 11.2 Å². The molecule has 0 saturated heterocycles. The first-order chi connectivity index (χ1) is 20.0. The molecule has 0 saturated carbocycles. The van der Waals surface area contributed by atoms with Gasteiger partial charge in [-0.25, -0.2) is 4.79 Å². The molecule has 7 heteroatoms. The third-order valence-electron chi connectivity index (χ3n) is 6.45. The van der Waals surface area contributed by atoms with E-state index in [4.69, 9.17) is 4.74 Å². The number of para-hydroxylation sites is 3. The molecule has 41 heavy (non-hydrogen) atoms. The Balaban J connectivity index is 1.31. The third-order valence-corrected chi connectivity index (χ3v) is 6.94. The Morgan fingerprint density at radius 1 is 0.780 bits per heavy atom. The highest BCUT2D eigenvalue weighted by Crippen LogP contribution is 2.33. The van der Waals surface area contributed by atoms with E-state index in [-0.39, 0.29) is 6.42 Å². The van der Waals surface area contributed by atoms with E-state index < -0.39 is 17.9 Å². The van der Waals surface area contributed by atoms with Crippen LogP contribution in [0.1, 0.15) is 15.9 Å². The zero-order valence-electron chi connectivity index (χ0n) is 22.0. The van der Waals surface area contributed by atoms with Crippen molar-refractivity contribution in [1.82, 2.24) is 5.32 Å². The summed E-state index contributed by atoms with van der Waals surface area (Å²) in [5.74, 6) is -0.141. The van der Waals surface area contributed by atoms with E-state index >= 15 is 0 Å². The normalized spacial score (nSPS) is 11.3. The monoisotopic (exact) mass is 606 g/mol. The van der Waals surface area contributed by atoms with Gasteiger partial charge in [-0.05, 0) is 59.7 Å². The summed E-state index contributed by atoms with van der Waals surface area (Å²) in [6, 6.07) is 38.5. The fourth-order valence-electron chi connectivity index (χ4n) is 4.39. The zero-order valence-corrected chi connectivity index (χ0v) is 23.5. The van der Waals surface area contributed by atoms with E-state index in [9.17, 15) is 14.7 Å². The maximum atomic E-state index is 13.3. The predicted molar refractivity (Wildman–Crippen MR) is 165 cm³/mol. The average molecular weight is 608 g/mol. The van der Waals surface area contributed by atoms with Crippen molar-refractivity contribution in [2.24, 2.45) is 0 Å². The van der Waals surface area contributed by atoms with Gasteiger partial charge in [0.2, 0.25) is 0 Å². The van der Waals surface area contributed by atoms with Gasteiger partial charge in [-0.15, -0.1) is 0 Å². The molecular formula is C34H27BrN2O4. The Bertz CT molecular complexity index is 1640. The van der Waals surface area contributed by atoms with E-state index in [2.05, 4.69) is 26.6 Å². The van der Waals surface area contributed by atoms with Crippen LogP contribution in [0.5, 0.6) is 11.5 Å². The lowest BCUT2D eigenvalue weighted by molar-refractivity contribution is -0.139. The van der Waals surface area contributed by atoms with E-state index in [1.165, 1.54) is 0 Å². The highest BCUT2D eigenvalue weighted by Gasteiger charge is 2.23. The summed E-state index contributed by atoms with van der Waals surface area (Å²) < 4.78 is 6.81. The predicted octanol–water partition coefficient (Wildman–Crippen LogP) is 8.08. The molecule has 1 atom stereocenters. The number of rotatable bonds is 10. The Morgan fingerprint density at radius 3 is 2.15 bits per heavy atom. The number of nitrogens with one attached hydrogen (secondary N) is 2. The molecule has 0 aliphatic heterocycles. The van der Waals surface area contributed by atoms with Crippen LogP contribution in [0.4, 0.5) is 11.4 Å². The van der Waals surface area contributed by atoms with Gasteiger partial charge in [0.05, 0.1) is 11.3 Å². The first-order valence-electron chi connectivity index (χ1n) is 13.0. The quantitative estimate of drug-likeness (QED) is 0.149. The molecule has 0 aromatic heterocycles. The largest absolute Gasteiger partial charge is 0.480 e. The molecule has 0 aliphatic rings. The lowest BCUT2D eigenvalue weighted by atomic mass is 9.99. The van der Waals surface area contributed by atoms with Crippen LogP contribution in [0.15, 0.2) is 132 Å². The minimum atomic E-state index is -1.12. The number of hydrogen-bond acceptors (Lipinski definition) is 4. The van der Waals surface area contributed by atoms with Crippen LogP contribution >= 0.6 is 15.9 Å². The van der Waals surface area contributed by atoms with E-state index in [1.54, 1.807) is 12.1 Å². The number of halogens is 1. The molecule has 0 radical (unpaired) electrons. The Kier molecular flexibility index (Phi) is 8.76. The molecule has 1 unspecified atom stereocenters. The average Bonchev–Trinajstić information content (AvgIpc) is 2.99. The van der Waals surface area contributed by atoms with Gasteiger partial charge >= 0.3 is 5.97 Å². The lowest BCUT2D eigenvalue weighted by Gasteiger charge is -2.18. The topological polar surface area (TPSA) is 87.7 Å². The fourth-order valence-corrected chi connectivity index (χ4v) is 4.75. The van der Waals surface area contributed by atoms with Crippen LogP contribution in [0.2, 0.25) is 0 Å². The van der Waals surface area contributed by atoms with Crippen LogP contribution in [0.3, 0.4) is 0 Å². The Morgan fingerprint density at radius 2 is 1.44 bits per heavy atom. The molecule has 0 aliphatic carbocycles. The number of ether oxygens (including phenoxy) is 1. The zero-order chi connectivity index (χ0) is 28.6. The molecule has 3 N–H and O–H groups in total. The fraction of sp³-hybridized carbons (Fsp3) is 0.0588. The number of carboxylic acid groups (broad SMARTS) is 1. The molecule has 0 bridgehead atoms. The van der Waals surface area contributed by atoms with Crippen LogP contribution in [0, 0.1) is 0 Å². The molecule has 1 amide bonds. The Labute approximate surface area is 246 Å². The molecule has 5 aromatic rings. The summed E-state index contributed by atoms with van der Waals surface area (Å²) in [5.41, 5.74) is 4.34. The number of hydrogen-bond donors (Lipinski definition) is 3. The van der Waals surface area contributed by atoms with Crippen molar-refractivity contribution in [3.63, 3.8) is 0 Å². The molecular weight excluding hydrogens is 580 g/mol. The van der Waals surface area contributed by atoms with Crippen molar-refractivity contribution < 1.29 is 19.4 Å². The number of carbonyl (C=O) groups is 2. The number of benzene rings is 5. The van der Waals surface area contributed by atoms with Gasteiger partial charge in [-0.3, -0.25) is 4.79 Å².